The Labute approximate surface area is 158 Å². The molecule has 4 heteroatoms. The van der Waals surface area contributed by atoms with Gasteiger partial charge < -0.3 is 9.84 Å². The largest absolute Gasteiger partial charge is 0.501 e. The number of hydrazine groups is 1. The molecule has 1 unspecified atom stereocenters. The molecule has 0 aliphatic heterocycles. The van der Waals surface area contributed by atoms with E-state index in [-0.39, 0.29) is 5.41 Å². The number of hydrogen-bond donors (Lipinski definition) is 3. The van der Waals surface area contributed by atoms with Gasteiger partial charge in [0.05, 0.1) is 12.9 Å². The summed E-state index contributed by atoms with van der Waals surface area (Å²) in [6.45, 7) is 9.67. The van der Waals surface area contributed by atoms with Gasteiger partial charge >= 0.3 is 0 Å². The van der Waals surface area contributed by atoms with Gasteiger partial charge in [-0.05, 0) is 47.0 Å². The molecular weight excluding hydrogens is 324 g/mol. The van der Waals surface area contributed by atoms with Gasteiger partial charge in [0.15, 0.2) is 0 Å². The maximum absolute atomic E-state index is 10.3. The van der Waals surface area contributed by atoms with Crippen LogP contribution in [0.4, 0.5) is 0 Å². The number of nitrogens with one attached hydrogen (secondary N) is 2. The predicted molar refractivity (Wildman–Crippen MR) is 108 cm³/mol. The first kappa shape index (κ1) is 20.7. The Hall–Kier alpha value is -1.62. The molecular formula is C22H34N2O2. The van der Waals surface area contributed by atoms with Gasteiger partial charge in [-0.2, -0.15) is 0 Å². The van der Waals surface area contributed by atoms with Crippen LogP contribution in [0.15, 0.2) is 47.7 Å². The van der Waals surface area contributed by atoms with E-state index in [1.807, 2.05) is 12.2 Å². The smallest absolute Gasteiger partial charge is 0.139 e. The summed E-state index contributed by atoms with van der Waals surface area (Å²) < 4.78 is 5.22. The molecule has 0 aromatic heterocycles. The summed E-state index contributed by atoms with van der Waals surface area (Å²) in [4.78, 5) is 0. The molecule has 144 valence electrons. The zero-order valence-corrected chi connectivity index (χ0v) is 16.8. The highest BCUT2D eigenvalue weighted by molar-refractivity contribution is 5.25. The average molecular weight is 359 g/mol. The van der Waals surface area contributed by atoms with Gasteiger partial charge in [-0.1, -0.05) is 58.0 Å². The van der Waals surface area contributed by atoms with Crippen molar-refractivity contribution in [1.82, 2.24) is 10.9 Å². The Bertz CT molecular complexity index is 630. The van der Waals surface area contributed by atoms with E-state index in [0.29, 0.717) is 5.92 Å². The van der Waals surface area contributed by atoms with E-state index >= 15 is 0 Å². The van der Waals surface area contributed by atoms with E-state index in [4.69, 9.17) is 4.74 Å². The fourth-order valence-corrected chi connectivity index (χ4v) is 3.15. The van der Waals surface area contributed by atoms with Crippen LogP contribution < -0.4 is 10.9 Å². The van der Waals surface area contributed by atoms with Crippen molar-refractivity contribution in [3.8, 4) is 0 Å². The van der Waals surface area contributed by atoms with Gasteiger partial charge in [0.1, 0.15) is 6.23 Å². The Morgan fingerprint density at radius 2 is 1.81 bits per heavy atom. The van der Waals surface area contributed by atoms with E-state index < -0.39 is 6.23 Å². The van der Waals surface area contributed by atoms with E-state index in [1.165, 1.54) is 11.1 Å². The minimum atomic E-state index is -0.675. The second kappa shape index (κ2) is 9.36. The van der Waals surface area contributed by atoms with Crippen LogP contribution in [-0.4, -0.2) is 25.0 Å². The quantitative estimate of drug-likeness (QED) is 0.461. The van der Waals surface area contributed by atoms with Crippen LogP contribution in [0.3, 0.4) is 0 Å². The molecule has 0 bridgehead atoms. The zero-order chi connectivity index (χ0) is 19.2. The molecule has 1 atom stereocenters. The van der Waals surface area contributed by atoms with Crippen LogP contribution in [0.2, 0.25) is 0 Å². The number of hydrogen-bond acceptors (Lipinski definition) is 4. The van der Waals surface area contributed by atoms with Gasteiger partial charge in [-0.15, -0.1) is 0 Å². The number of methoxy groups -OCH3 is 1. The number of ether oxygens (including phenoxy) is 1. The summed E-state index contributed by atoms with van der Waals surface area (Å²) in [6, 6.07) is 8.91. The van der Waals surface area contributed by atoms with Crippen molar-refractivity contribution in [2.75, 3.05) is 13.7 Å². The van der Waals surface area contributed by atoms with Crippen LogP contribution in [0.25, 0.3) is 0 Å². The minimum Gasteiger partial charge on any atom is -0.501 e. The minimum absolute atomic E-state index is 0.0795. The summed E-state index contributed by atoms with van der Waals surface area (Å²) in [5, 5.41) is 10.3. The molecule has 1 aromatic rings. The van der Waals surface area contributed by atoms with Crippen LogP contribution in [0.5, 0.6) is 0 Å². The van der Waals surface area contributed by atoms with Crippen molar-refractivity contribution < 1.29 is 9.84 Å². The lowest BCUT2D eigenvalue weighted by atomic mass is 9.85. The fraction of sp³-hybridized carbons (Fsp3) is 0.545. The molecule has 0 heterocycles. The fourth-order valence-electron chi connectivity index (χ4n) is 3.15. The van der Waals surface area contributed by atoms with Crippen LogP contribution >= 0.6 is 0 Å². The van der Waals surface area contributed by atoms with Crippen molar-refractivity contribution in [1.29, 1.82) is 0 Å². The third-order valence-corrected chi connectivity index (χ3v) is 4.89. The van der Waals surface area contributed by atoms with E-state index in [2.05, 4.69) is 62.8 Å². The van der Waals surface area contributed by atoms with Crippen LogP contribution in [0.1, 0.15) is 57.6 Å². The molecule has 1 aromatic carbocycles. The Kier molecular flexibility index (Phi) is 7.44. The number of allylic oxidation sites excluding steroid dienone is 3. The second-order valence-corrected chi connectivity index (χ2v) is 8.22. The molecule has 3 N–H and O–H groups in total. The van der Waals surface area contributed by atoms with Crippen molar-refractivity contribution in [3.05, 3.63) is 58.9 Å². The monoisotopic (exact) mass is 358 g/mol. The maximum Gasteiger partial charge on any atom is 0.139 e. The van der Waals surface area contributed by atoms with Crippen molar-refractivity contribution >= 4 is 0 Å². The standard InChI is InChI=1S/C22H34N2O2/c1-16(2)18-8-6-17(7-9-18)14-22(3,4)15-23-24-21(25)19-10-12-20(26-5)13-11-19/h6-10,12,16,21,23-25H,11,13-15H2,1-5H3. The maximum atomic E-state index is 10.3. The highest BCUT2D eigenvalue weighted by atomic mass is 16.5. The van der Waals surface area contributed by atoms with E-state index in [1.54, 1.807) is 7.11 Å². The molecule has 1 aliphatic carbocycles. The van der Waals surface area contributed by atoms with E-state index in [0.717, 1.165) is 37.1 Å². The predicted octanol–water partition coefficient (Wildman–Crippen LogP) is 4.04. The van der Waals surface area contributed by atoms with Crippen LogP contribution in [0, 0.1) is 5.41 Å². The first-order chi connectivity index (χ1) is 12.3. The van der Waals surface area contributed by atoms with Crippen molar-refractivity contribution in [2.24, 2.45) is 5.41 Å². The third-order valence-electron chi connectivity index (χ3n) is 4.89. The molecule has 0 saturated carbocycles. The highest BCUT2D eigenvalue weighted by Gasteiger charge is 2.20. The molecule has 2 rings (SSSR count). The summed E-state index contributed by atoms with van der Waals surface area (Å²) >= 11 is 0. The molecule has 0 spiro atoms. The molecule has 26 heavy (non-hydrogen) atoms. The molecule has 0 amide bonds. The van der Waals surface area contributed by atoms with Gasteiger partial charge in [0.25, 0.3) is 0 Å². The lowest BCUT2D eigenvalue weighted by Crippen LogP contribution is -2.46. The third kappa shape index (κ3) is 6.27. The van der Waals surface area contributed by atoms with E-state index in [9.17, 15) is 5.11 Å². The number of rotatable bonds is 9. The zero-order valence-electron chi connectivity index (χ0n) is 16.8. The topological polar surface area (TPSA) is 53.5 Å². The number of aliphatic hydroxyl groups excluding tert-OH is 1. The summed E-state index contributed by atoms with van der Waals surface area (Å²) in [5.41, 5.74) is 9.99. The second-order valence-electron chi connectivity index (χ2n) is 8.22. The van der Waals surface area contributed by atoms with Crippen molar-refractivity contribution in [2.45, 2.75) is 59.1 Å². The first-order valence-corrected chi connectivity index (χ1v) is 9.49. The van der Waals surface area contributed by atoms with Crippen LogP contribution in [-0.2, 0) is 11.2 Å². The number of aliphatic hydroxyl groups is 1. The Morgan fingerprint density at radius 1 is 1.12 bits per heavy atom. The van der Waals surface area contributed by atoms with Gasteiger partial charge in [-0.3, -0.25) is 5.43 Å². The SMILES string of the molecule is COC1=CC=C(C(O)NNCC(C)(C)Cc2ccc(C(C)C)cc2)CC1. The molecule has 0 fully saturated rings. The van der Waals surface area contributed by atoms with Gasteiger partial charge in [0.2, 0.25) is 0 Å². The van der Waals surface area contributed by atoms with Gasteiger partial charge in [-0.25, -0.2) is 5.43 Å². The lowest BCUT2D eigenvalue weighted by molar-refractivity contribution is 0.138. The molecule has 0 saturated heterocycles. The molecule has 0 radical (unpaired) electrons. The average Bonchev–Trinajstić information content (AvgIpc) is 2.61. The first-order valence-electron chi connectivity index (χ1n) is 9.49. The number of benzene rings is 1. The molecule has 4 nitrogen and oxygen atoms in total. The highest BCUT2D eigenvalue weighted by Crippen LogP contribution is 2.23. The van der Waals surface area contributed by atoms with Gasteiger partial charge in [0, 0.05) is 13.0 Å². The summed E-state index contributed by atoms with van der Waals surface area (Å²) in [6.07, 6.45) is 5.81. The molecule has 1 aliphatic rings. The Balaban J connectivity index is 1.80. The lowest BCUT2D eigenvalue weighted by Gasteiger charge is -2.27. The normalized spacial score (nSPS) is 16.3. The Morgan fingerprint density at radius 3 is 2.35 bits per heavy atom. The summed E-state index contributed by atoms with van der Waals surface area (Å²) in [5.74, 6) is 1.52. The van der Waals surface area contributed by atoms with Crippen molar-refractivity contribution in [3.63, 3.8) is 0 Å². The summed E-state index contributed by atoms with van der Waals surface area (Å²) in [7, 11) is 1.68.